The summed E-state index contributed by atoms with van der Waals surface area (Å²) >= 11 is 0. The van der Waals surface area contributed by atoms with Gasteiger partial charge >= 0.3 is 5.97 Å². The van der Waals surface area contributed by atoms with Gasteiger partial charge in [0, 0.05) is 13.0 Å². The van der Waals surface area contributed by atoms with Gasteiger partial charge in [0.1, 0.15) is 6.10 Å². The molecule has 1 unspecified atom stereocenters. The van der Waals surface area contributed by atoms with Crippen molar-refractivity contribution in [1.29, 1.82) is 0 Å². The normalized spacial score (nSPS) is 13.7. The van der Waals surface area contributed by atoms with Crippen LogP contribution in [-0.4, -0.2) is 37.0 Å². The Bertz CT molecular complexity index is 1160. The fourth-order valence-electron chi connectivity index (χ4n) is 5.30. The molecule has 0 aliphatic carbocycles. The molecule has 0 aliphatic rings. The van der Waals surface area contributed by atoms with E-state index in [0.717, 1.165) is 122 Å². The molecular formula is C51H80O4. The fraction of sp³-hybridized carbons (Fsp3) is 0.549. The number of esters is 1. The van der Waals surface area contributed by atoms with E-state index in [1.165, 1.54) is 12.8 Å². The molecule has 4 heteroatoms. The molecule has 1 atom stereocenters. The van der Waals surface area contributed by atoms with Gasteiger partial charge in [-0.05, 0) is 109 Å². The first kappa shape index (κ1) is 51.5. The first-order chi connectivity index (χ1) is 27.2. The standard InChI is InChI=1S/C51H80O4/c1-3-5-7-9-11-13-15-17-19-21-23-25-27-29-31-33-35-37-39-41-43-45-47-54-49-50(48-52)55-51(53)46-44-42-40-38-36-34-32-30-28-26-24-22-20-18-16-14-12-10-8-6-4-2/h5-8,11-14,17-20,23-26,29-32,35,37,50,52H,3-4,9-10,15-16,21-22,27-28,33-34,36,38-49H2,1-2H3/b7-5-,8-6-,13-11-,14-12-,19-17-,20-18-,25-23-,26-24-,31-29-,32-30-,37-35-. The molecule has 0 radical (unpaired) electrons. The van der Waals surface area contributed by atoms with Crippen molar-refractivity contribution in [1.82, 2.24) is 0 Å². The largest absolute Gasteiger partial charge is 0.457 e. The van der Waals surface area contributed by atoms with Crippen LogP contribution in [0.15, 0.2) is 134 Å². The Hall–Kier alpha value is -3.47. The van der Waals surface area contributed by atoms with E-state index in [4.69, 9.17) is 9.47 Å². The summed E-state index contributed by atoms with van der Waals surface area (Å²) in [6.45, 7) is 4.99. The second-order valence-electron chi connectivity index (χ2n) is 13.6. The van der Waals surface area contributed by atoms with Gasteiger partial charge in [-0.25, -0.2) is 0 Å². The summed E-state index contributed by atoms with van der Waals surface area (Å²) in [5.41, 5.74) is 0. The minimum Gasteiger partial charge on any atom is -0.457 e. The molecular weight excluding hydrogens is 677 g/mol. The maximum Gasteiger partial charge on any atom is 0.306 e. The molecule has 0 saturated heterocycles. The maximum atomic E-state index is 12.2. The third kappa shape index (κ3) is 44.8. The van der Waals surface area contributed by atoms with E-state index in [2.05, 4.69) is 148 Å². The summed E-state index contributed by atoms with van der Waals surface area (Å²) in [4.78, 5) is 12.2. The van der Waals surface area contributed by atoms with Crippen molar-refractivity contribution in [3.63, 3.8) is 0 Å². The third-order valence-electron chi connectivity index (χ3n) is 8.47. The van der Waals surface area contributed by atoms with Crippen LogP contribution in [0.25, 0.3) is 0 Å². The number of rotatable bonds is 38. The van der Waals surface area contributed by atoms with Crippen LogP contribution in [0.3, 0.4) is 0 Å². The molecule has 0 aromatic carbocycles. The van der Waals surface area contributed by atoms with Gasteiger partial charge in [-0.3, -0.25) is 4.79 Å². The number of hydrogen-bond acceptors (Lipinski definition) is 4. The van der Waals surface area contributed by atoms with Crippen LogP contribution in [0.5, 0.6) is 0 Å². The van der Waals surface area contributed by atoms with Gasteiger partial charge in [-0.1, -0.05) is 173 Å². The first-order valence-corrected chi connectivity index (χ1v) is 21.8. The van der Waals surface area contributed by atoms with Crippen LogP contribution in [0.1, 0.15) is 155 Å². The number of aliphatic hydroxyl groups is 1. The van der Waals surface area contributed by atoms with Gasteiger partial charge in [0.25, 0.3) is 0 Å². The van der Waals surface area contributed by atoms with Crippen molar-refractivity contribution in [2.24, 2.45) is 0 Å². The minimum atomic E-state index is -0.574. The van der Waals surface area contributed by atoms with Gasteiger partial charge in [-0.15, -0.1) is 0 Å². The Kier molecular flexibility index (Phi) is 43.7. The summed E-state index contributed by atoms with van der Waals surface area (Å²) in [6.07, 6.45) is 70.8. The lowest BCUT2D eigenvalue weighted by Crippen LogP contribution is -2.27. The van der Waals surface area contributed by atoms with Gasteiger partial charge in [-0.2, -0.15) is 0 Å². The SMILES string of the molecule is CC/C=C\C/C=C\C/C=C\C/C=C\C/C=C\C/C=C\CCCCCOCC(CO)OC(=O)CCCCCCC/C=C\C/C=C\C/C=C\C/C=C\C/C=C\CC. The Balaban J connectivity index is 3.63. The van der Waals surface area contributed by atoms with Crippen LogP contribution in [0, 0.1) is 0 Å². The van der Waals surface area contributed by atoms with E-state index in [9.17, 15) is 9.90 Å². The average Bonchev–Trinajstić information content (AvgIpc) is 3.19. The van der Waals surface area contributed by atoms with Crippen molar-refractivity contribution >= 4 is 5.97 Å². The van der Waals surface area contributed by atoms with Crippen LogP contribution in [0.2, 0.25) is 0 Å². The van der Waals surface area contributed by atoms with Crippen molar-refractivity contribution < 1.29 is 19.4 Å². The van der Waals surface area contributed by atoms with Crippen LogP contribution in [0.4, 0.5) is 0 Å². The van der Waals surface area contributed by atoms with Crippen LogP contribution < -0.4 is 0 Å². The predicted molar refractivity (Wildman–Crippen MR) is 241 cm³/mol. The second-order valence-corrected chi connectivity index (χ2v) is 13.6. The minimum absolute atomic E-state index is 0.204. The quantitative estimate of drug-likeness (QED) is 0.0387. The molecule has 0 aliphatic heterocycles. The molecule has 308 valence electrons. The van der Waals surface area contributed by atoms with Gasteiger partial charge in [0.15, 0.2) is 0 Å². The molecule has 0 bridgehead atoms. The molecule has 0 amide bonds. The molecule has 0 aromatic heterocycles. The highest BCUT2D eigenvalue weighted by Gasteiger charge is 2.13. The molecule has 1 N–H and O–H groups in total. The second kappa shape index (κ2) is 46.7. The van der Waals surface area contributed by atoms with E-state index >= 15 is 0 Å². The van der Waals surface area contributed by atoms with Crippen molar-refractivity contribution in [3.8, 4) is 0 Å². The topological polar surface area (TPSA) is 55.8 Å². The van der Waals surface area contributed by atoms with Gasteiger partial charge in [0.2, 0.25) is 0 Å². The van der Waals surface area contributed by atoms with Gasteiger partial charge in [0.05, 0.1) is 13.2 Å². The first-order valence-electron chi connectivity index (χ1n) is 21.8. The number of aliphatic hydroxyl groups excluding tert-OH is 1. The smallest absolute Gasteiger partial charge is 0.306 e. The van der Waals surface area contributed by atoms with Crippen molar-refractivity contribution in [3.05, 3.63) is 134 Å². The molecule has 0 spiro atoms. The zero-order valence-electron chi connectivity index (χ0n) is 35.1. The summed E-state index contributed by atoms with van der Waals surface area (Å²) < 4.78 is 11.1. The Morgan fingerprint density at radius 2 is 0.764 bits per heavy atom. The molecule has 0 heterocycles. The summed E-state index contributed by atoms with van der Waals surface area (Å²) in [5.74, 6) is -0.238. The summed E-state index contributed by atoms with van der Waals surface area (Å²) in [7, 11) is 0. The Labute approximate surface area is 339 Å². The Morgan fingerprint density at radius 3 is 1.15 bits per heavy atom. The van der Waals surface area contributed by atoms with E-state index in [-0.39, 0.29) is 19.2 Å². The van der Waals surface area contributed by atoms with Crippen molar-refractivity contribution in [2.45, 2.75) is 161 Å². The number of carbonyl (C=O) groups excluding carboxylic acids is 1. The molecule has 4 nitrogen and oxygen atoms in total. The van der Waals surface area contributed by atoms with E-state index < -0.39 is 6.10 Å². The lowest BCUT2D eigenvalue weighted by atomic mass is 10.1. The predicted octanol–water partition coefficient (Wildman–Crippen LogP) is 14.6. The average molecular weight is 757 g/mol. The summed E-state index contributed by atoms with van der Waals surface area (Å²) in [5, 5.41) is 9.61. The number of hydrogen-bond donors (Lipinski definition) is 1. The zero-order chi connectivity index (χ0) is 39.8. The number of unbranched alkanes of at least 4 members (excludes halogenated alkanes) is 8. The molecule has 0 fully saturated rings. The summed E-state index contributed by atoms with van der Waals surface area (Å²) in [6, 6.07) is 0. The lowest BCUT2D eigenvalue weighted by molar-refractivity contribution is -0.154. The fourth-order valence-corrected chi connectivity index (χ4v) is 5.30. The molecule has 0 aromatic rings. The number of allylic oxidation sites excluding steroid dienone is 22. The van der Waals surface area contributed by atoms with Crippen LogP contribution in [-0.2, 0) is 14.3 Å². The van der Waals surface area contributed by atoms with E-state index in [1.807, 2.05) is 0 Å². The van der Waals surface area contributed by atoms with Gasteiger partial charge < -0.3 is 14.6 Å². The molecule has 0 saturated carbocycles. The van der Waals surface area contributed by atoms with E-state index in [0.29, 0.717) is 13.0 Å². The maximum absolute atomic E-state index is 12.2. The Morgan fingerprint density at radius 1 is 0.436 bits per heavy atom. The highest BCUT2D eigenvalue weighted by molar-refractivity contribution is 5.69. The molecule has 0 rings (SSSR count). The number of carbonyl (C=O) groups is 1. The lowest BCUT2D eigenvalue weighted by Gasteiger charge is -2.15. The highest BCUT2D eigenvalue weighted by Crippen LogP contribution is 2.10. The monoisotopic (exact) mass is 757 g/mol. The number of ether oxygens (including phenoxy) is 2. The molecule has 55 heavy (non-hydrogen) atoms. The van der Waals surface area contributed by atoms with E-state index in [1.54, 1.807) is 0 Å². The third-order valence-corrected chi connectivity index (χ3v) is 8.47. The highest BCUT2D eigenvalue weighted by atomic mass is 16.6. The van der Waals surface area contributed by atoms with Crippen molar-refractivity contribution in [2.75, 3.05) is 19.8 Å². The van der Waals surface area contributed by atoms with Crippen LogP contribution >= 0.6 is 0 Å². The zero-order valence-corrected chi connectivity index (χ0v) is 35.1.